The molecule has 0 aromatic heterocycles. The fourth-order valence-corrected chi connectivity index (χ4v) is 11.9. The first-order valence-corrected chi connectivity index (χ1v) is 17.0. The van der Waals surface area contributed by atoms with Crippen molar-refractivity contribution >= 4 is 0 Å². The maximum Gasteiger partial charge on any atom is 0.187 e. The molecule has 0 amide bonds. The fourth-order valence-electron chi connectivity index (χ4n) is 11.9. The SMILES string of the molecule is C[C@@H]1CC[C@@]2(OC1)O[C@H]1C[C@H]3[C@@H]4CC[C@@H]5C[C@H](O)[C@@H](O)[C@@H](O[C@@H]6O[C@H](CO)[C@@H](O)[C@H](O)[C@H]6O)[C@]5(C)[C@H]4CC[C@]3(C)[C@H]1[C@@H]2C. The van der Waals surface area contributed by atoms with Gasteiger partial charge in [-0.3, -0.25) is 0 Å². The Kier molecular flexibility index (Phi) is 7.86. The molecule has 4 aliphatic carbocycles. The minimum Gasteiger partial charge on any atom is -0.394 e. The largest absolute Gasteiger partial charge is 0.394 e. The van der Waals surface area contributed by atoms with Crippen LogP contribution in [0.1, 0.15) is 79.1 Å². The Hall–Kier alpha value is -0.400. The summed E-state index contributed by atoms with van der Waals surface area (Å²) in [6, 6.07) is 0. The molecule has 7 aliphatic rings. The van der Waals surface area contributed by atoms with Crippen LogP contribution in [0.2, 0.25) is 0 Å². The summed E-state index contributed by atoms with van der Waals surface area (Å²) in [5.74, 6) is 2.11. The van der Waals surface area contributed by atoms with Crippen LogP contribution in [0.3, 0.4) is 0 Å². The summed E-state index contributed by atoms with van der Waals surface area (Å²) >= 11 is 0. The predicted octanol–water partition coefficient (Wildman–Crippen LogP) is 1.56. The van der Waals surface area contributed by atoms with Gasteiger partial charge < -0.3 is 49.6 Å². The van der Waals surface area contributed by atoms with Gasteiger partial charge in [0, 0.05) is 17.8 Å². The van der Waals surface area contributed by atoms with Crippen molar-refractivity contribution in [2.45, 2.75) is 140 Å². The molecule has 3 saturated heterocycles. The quantitative estimate of drug-likeness (QED) is 0.277. The van der Waals surface area contributed by atoms with Gasteiger partial charge in [-0.1, -0.05) is 27.7 Å². The van der Waals surface area contributed by atoms with E-state index in [-0.39, 0.29) is 23.4 Å². The Morgan fingerprint density at radius 2 is 1.60 bits per heavy atom. The Labute approximate surface area is 255 Å². The van der Waals surface area contributed by atoms with Gasteiger partial charge in [0.15, 0.2) is 12.1 Å². The topological polar surface area (TPSA) is 158 Å². The summed E-state index contributed by atoms with van der Waals surface area (Å²) in [4.78, 5) is 0. The van der Waals surface area contributed by atoms with Crippen LogP contribution in [0.5, 0.6) is 0 Å². The molecule has 0 aromatic rings. The molecule has 3 aliphatic heterocycles. The molecule has 4 saturated carbocycles. The molecule has 0 unspecified atom stereocenters. The van der Waals surface area contributed by atoms with E-state index in [9.17, 15) is 30.6 Å². The van der Waals surface area contributed by atoms with Gasteiger partial charge in [-0.25, -0.2) is 0 Å². The highest BCUT2D eigenvalue weighted by Crippen LogP contribution is 2.71. The number of fused-ring (bicyclic) bond motifs is 7. The van der Waals surface area contributed by atoms with Crippen LogP contribution in [0.4, 0.5) is 0 Å². The zero-order valence-corrected chi connectivity index (χ0v) is 26.1. The molecule has 7 rings (SSSR count). The first kappa shape index (κ1) is 31.2. The number of hydrogen-bond acceptors (Lipinski definition) is 10. The lowest BCUT2D eigenvalue weighted by Gasteiger charge is -2.64. The summed E-state index contributed by atoms with van der Waals surface area (Å²) in [7, 11) is 0. The smallest absolute Gasteiger partial charge is 0.187 e. The van der Waals surface area contributed by atoms with E-state index < -0.39 is 66.8 Å². The Balaban J connectivity index is 1.16. The van der Waals surface area contributed by atoms with Crippen LogP contribution in [-0.4, -0.2) is 105 Å². The fraction of sp³-hybridized carbons (Fsp3) is 1.00. The third kappa shape index (κ3) is 4.41. The van der Waals surface area contributed by atoms with E-state index in [1.807, 2.05) is 0 Å². The van der Waals surface area contributed by atoms with Crippen molar-refractivity contribution in [1.82, 2.24) is 0 Å². The molecule has 1 spiro atoms. The van der Waals surface area contributed by atoms with Crippen molar-refractivity contribution in [3.8, 4) is 0 Å². The Morgan fingerprint density at radius 1 is 0.837 bits per heavy atom. The second-order valence-electron chi connectivity index (χ2n) is 16.1. The zero-order chi connectivity index (χ0) is 30.6. The zero-order valence-electron chi connectivity index (χ0n) is 26.1. The minimum atomic E-state index is -1.57. The van der Waals surface area contributed by atoms with Crippen LogP contribution in [0, 0.1) is 52.3 Å². The van der Waals surface area contributed by atoms with Gasteiger partial charge in [-0.05, 0) is 85.9 Å². The van der Waals surface area contributed by atoms with Crippen LogP contribution >= 0.6 is 0 Å². The van der Waals surface area contributed by atoms with E-state index in [0.717, 1.165) is 51.6 Å². The van der Waals surface area contributed by atoms with Crippen molar-refractivity contribution in [1.29, 1.82) is 0 Å². The third-order valence-corrected chi connectivity index (χ3v) is 14.2. The second kappa shape index (κ2) is 10.8. The van der Waals surface area contributed by atoms with Gasteiger partial charge in [0.1, 0.15) is 30.5 Å². The van der Waals surface area contributed by atoms with Gasteiger partial charge in [0.2, 0.25) is 0 Å². The lowest BCUT2D eigenvalue weighted by Crippen LogP contribution is -2.67. The standard InChI is InChI=1S/C33H54O10/c1-15-7-10-33(40-14-15)16(2)24-22(43-33)12-20-18-6-5-17-11-21(35)25(36)29(32(17,4)19(18)8-9-31(20,24)3)42-30-28(39)27(38)26(37)23(13-34)41-30/h15-30,34-39H,5-14H2,1-4H3/t15-,16+,17-,18-,19+,20+,21+,22+,23-,24+,25-,26-,27+,28-,29-,30+,31+,32+,33-/m1/s1. The van der Waals surface area contributed by atoms with E-state index in [1.165, 1.54) is 0 Å². The van der Waals surface area contributed by atoms with Crippen LogP contribution < -0.4 is 0 Å². The third-order valence-electron chi connectivity index (χ3n) is 14.2. The van der Waals surface area contributed by atoms with Gasteiger partial charge in [0.05, 0.1) is 31.5 Å². The normalized spacial score (nSPS) is 61.5. The van der Waals surface area contributed by atoms with E-state index in [4.69, 9.17) is 18.9 Å². The number of aliphatic hydroxyl groups excluding tert-OH is 6. The number of rotatable bonds is 3. The van der Waals surface area contributed by atoms with Crippen LogP contribution in [0.15, 0.2) is 0 Å². The molecule has 10 nitrogen and oxygen atoms in total. The minimum absolute atomic E-state index is 0.114. The molecule has 0 radical (unpaired) electrons. The van der Waals surface area contributed by atoms with Crippen LogP contribution in [0.25, 0.3) is 0 Å². The summed E-state index contributed by atoms with van der Waals surface area (Å²) in [6.45, 7) is 9.47. The molecule has 3 heterocycles. The molecule has 0 aromatic carbocycles. The molecule has 43 heavy (non-hydrogen) atoms. The van der Waals surface area contributed by atoms with E-state index in [0.29, 0.717) is 36.0 Å². The first-order valence-electron chi connectivity index (χ1n) is 17.0. The maximum absolute atomic E-state index is 11.4. The van der Waals surface area contributed by atoms with E-state index in [2.05, 4.69) is 27.7 Å². The van der Waals surface area contributed by atoms with Crippen molar-refractivity contribution in [3.05, 3.63) is 0 Å². The molecule has 0 bridgehead atoms. The summed E-state index contributed by atoms with van der Waals surface area (Å²) in [5, 5.41) is 63.7. The summed E-state index contributed by atoms with van der Waals surface area (Å²) < 4.78 is 25.5. The van der Waals surface area contributed by atoms with Gasteiger partial charge in [0.25, 0.3) is 0 Å². The van der Waals surface area contributed by atoms with E-state index >= 15 is 0 Å². The molecule has 7 fully saturated rings. The first-order chi connectivity index (χ1) is 20.4. The molecular formula is C33H54O10. The molecular weight excluding hydrogens is 556 g/mol. The number of aliphatic hydroxyl groups is 6. The van der Waals surface area contributed by atoms with Gasteiger partial charge >= 0.3 is 0 Å². The Bertz CT molecular complexity index is 1030. The highest BCUT2D eigenvalue weighted by molar-refractivity contribution is 5.17. The maximum atomic E-state index is 11.4. The molecule has 246 valence electrons. The van der Waals surface area contributed by atoms with Crippen molar-refractivity contribution in [2.75, 3.05) is 13.2 Å². The highest BCUT2D eigenvalue weighted by atomic mass is 16.7. The van der Waals surface area contributed by atoms with Crippen molar-refractivity contribution in [2.24, 2.45) is 52.3 Å². The predicted molar refractivity (Wildman–Crippen MR) is 153 cm³/mol. The summed E-state index contributed by atoms with van der Waals surface area (Å²) in [6.07, 6.45) is -2.33. The van der Waals surface area contributed by atoms with Gasteiger partial charge in [-0.15, -0.1) is 0 Å². The average Bonchev–Trinajstić information content (AvgIpc) is 3.43. The lowest BCUT2D eigenvalue weighted by molar-refractivity contribution is -0.346. The number of hydrogen-bond donors (Lipinski definition) is 6. The molecule has 19 atom stereocenters. The summed E-state index contributed by atoms with van der Waals surface area (Å²) in [5.41, 5.74) is -0.374. The van der Waals surface area contributed by atoms with E-state index in [1.54, 1.807) is 0 Å². The average molecular weight is 611 g/mol. The van der Waals surface area contributed by atoms with Crippen molar-refractivity contribution in [3.63, 3.8) is 0 Å². The van der Waals surface area contributed by atoms with Gasteiger partial charge in [-0.2, -0.15) is 0 Å². The number of ether oxygens (including phenoxy) is 4. The van der Waals surface area contributed by atoms with Crippen LogP contribution in [-0.2, 0) is 18.9 Å². The highest BCUT2D eigenvalue weighted by Gasteiger charge is 2.70. The Morgan fingerprint density at radius 3 is 2.30 bits per heavy atom. The monoisotopic (exact) mass is 610 g/mol. The van der Waals surface area contributed by atoms with Crippen molar-refractivity contribution < 1.29 is 49.6 Å². The lowest BCUT2D eigenvalue weighted by atomic mass is 9.43. The molecule has 10 heteroatoms. The second-order valence-corrected chi connectivity index (χ2v) is 16.1. The molecule has 6 N–H and O–H groups in total.